The van der Waals surface area contributed by atoms with Gasteiger partial charge in [0.2, 0.25) is 11.8 Å². The summed E-state index contributed by atoms with van der Waals surface area (Å²) in [6.45, 7) is 2.30. The van der Waals surface area contributed by atoms with Crippen molar-refractivity contribution in [2.24, 2.45) is 11.8 Å². The van der Waals surface area contributed by atoms with Crippen LogP contribution in [0.1, 0.15) is 55.2 Å². The van der Waals surface area contributed by atoms with Gasteiger partial charge in [0, 0.05) is 31.4 Å². The normalized spacial score (nSPS) is 22.9. The van der Waals surface area contributed by atoms with Gasteiger partial charge in [0.15, 0.2) is 0 Å². The van der Waals surface area contributed by atoms with Crippen LogP contribution in [0.25, 0.3) is 0 Å². The van der Waals surface area contributed by atoms with Gasteiger partial charge in [0.1, 0.15) is 0 Å². The van der Waals surface area contributed by atoms with Crippen LogP contribution in [0.3, 0.4) is 0 Å². The zero-order valence-corrected chi connectivity index (χ0v) is 20.1. The second-order valence-corrected chi connectivity index (χ2v) is 10.4. The third-order valence-corrected chi connectivity index (χ3v) is 7.89. The van der Waals surface area contributed by atoms with E-state index in [2.05, 4.69) is 51.9 Å². The van der Waals surface area contributed by atoms with Crippen molar-refractivity contribution in [1.29, 1.82) is 0 Å². The number of anilines is 1. The summed E-state index contributed by atoms with van der Waals surface area (Å²) >= 11 is 0. The van der Waals surface area contributed by atoms with Crippen molar-refractivity contribution >= 4 is 17.5 Å². The summed E-state index contributed by atoms with van der Waals surface area (Å²) in [6, 6.07) is 17.1. The van der Waals surface area contributed by atoms with Gasteiger partial charge < -0.3 is 15.5 Å². The number of benzene rings is 2. The lowest BCUT2D eigenvalue weighted by Gasteiger charge is -2.37. The van der Waals surface area contributed by atoms with Crippen LogP contribution in [0.15, 0.2) is 48.5 Å². The Hall–Kier alpha value is -2.66. The predicted octanol–water partition coefficient (Wildman–Crippen LogP) is 4.35. The summed E-state index contributed by atoms with van der Waals surface area (Å²) in [6.07, 6.45) is 9.54. The van der Waals surface area contributed by atoms with E-state index in [1.165, 1.54) is 36.0 Å². The number of hydrogen-bond acceptors (Lipinski definition) is 3. The molecule has 2 atom stereocenters. The molecule has 1 saturated carbocycles. The summed E-state index contributed by atoms with van der Waals surface area (Å²) in [7, 11) is 0. The molecule has 2 aromatic carbocycles. The highest BCUT2D eigenvalue weighted by molar-refractivity contribution is 5.93. The van der Waals surface area contributed by atoms with Crippen LogP contribution in [0, 0.1) is 11.8 Å². The number of rotatable bonds is 7. The van der Waals surface area contributed by atoms with Crippen LogP contribution in [0.4, 0.5) is 5.69 Å². The lowest BCUT2D eigenvalue weighted by molar-refractivity contribution is -0.130. The van der Waals surface area contributed by atoms with E-state index in [1.54, 1.807) is 0 Å². The van der Waals surface area contributed by atoms with E-state index < -0.39 is 0 Å². The molecule has 0 radical (unpaired) electrons. The molecule has 5 rings (SSSR count). The lowest BCUT2D eigenvalue weighted by atomic mass is 9.87. The number of amides is 2. The number of piperidine rings is 1. The van der Waals surface area contributed by atoms with Gasteiger partial charge >= 0.3 is 0 Å². The van der Waals surface area contributed by atoms with Gasteiger partial charge in [-0.25, -0.2) is 0 Å². The Morgan fingerprint density at radius 2 is 1.59 bits per heavy atom. The van der Waals surface area contributed by atoms with Crippen molar-refractivity contribution in [3.05, 3.63) is 65.2 Å². The minimum absolute atomic E-state index is 0.0426. The summed E-state index contributed by atoms with van der Waals surface area (Å²) in [5.74, 6) is -0.148. The Labute approximate surface area is 203 Å². The quantitative estimate of drug-likeness (QED) is 0.647. The van der Waals surface area contributed by atoms with E-state index in [4.69, 9.17) is 0 Å². The molecule has 1 aliphatic heterocycles. The van der Waals surface area contributed by atoms with Gasteiger partial charge in [0.05, 0.1) is 11.8 Å². The molecular weight excluding hydrogens is 422 g/mol. The van der Waals surface area contributed by atoms with E-state index in [9.17, 15) is 9.59 Å². The molecule has 0 aromatic heterocycles. The monoisotopic (exact) mass is 459 g/mol. The molecule has 2 N–H and O–H groups in total. The molecule has 34 heavy (non-hydrogen) atoms. The molecule has 2 aromatic rings. The molecule has 0 spiro atoms. The maximum atomic E-state index is 13.3. The van der Waals surface area contributed by atoms with Crippen LogP contribution >= 0.6 is 0 Å². The Morgan fingerprint density at radius 1 is 0.853 bits per heavy atom. The van der Waals surface area contributed by atoms with Gasteiger partial charge in [-0.15, -0.1) is 0 Å². The predicted molar refractivity (Wildman–Crippen MR) is 136 cm³/mol. The third-order valence-electron chi connectivity index (χ3n) is 7.89. The average molecular weight is 460 g/mol. The number of carbonyl (C=O) groups is 2. The van der Waals surface area contributed by atoms with Gasteiger partial charge in [-0.2, -0.15) is 0 Å². The molecule has 1 heterocycles. The standard InChI is InChI=1S/C29H37N3O2/c33-28(30-26-11-4-5-12-26)24-17-25(20-32(19-24)16-15-21-7-2-1-3-8-21)29(34)31-27-14-13-22-9-6-10-23(22)18-27/h1-3,7-8,13-14,18,24-26H,4-6,9-12,15-17,19-20H2,(H,30,33)(H,31,34)/t24-,25+/m0/s1. The zero-order valence-electron chi connectivity index (χ0n) is 20.1. The van der Waals surface area contributed by atoms with E-state index in [-0.39, 0.29) is 23.7 Å². The number of fused-ring (bicyclic) bond motifs is 1. The topological polar surface area (TPSA) is 61.4 Å². The van der Waals surface area contributed by atoms with E-state index in [1.807, 2.05) is 12.1 Å². The summed E-state index contributed by atoms with van der Waals surface area (Å²) in [5, 5.41) is 6.45. The fraction of sp³-hybridized carbons (Fsp3) is 0.517. The van der Waals surface area contributed by atoms with Crippen molar-refractivity contribution in [3.63, 3.8) is 0 Å². The highest BCUT2D eigenvalue weighted by atomic mass is 16.2. The lowest BCUT2D eigenvalue weighted by Crippen LogP contribution is -2.50. The molecule has 2 fully saturated rings. The SMILES string of the molecule is O=C(Nc1ccc2c(c1)CCC2)[C@@H]1C[C@H](C(=O)NC2CCCC2)CN(CCc2ccccc2)C1. The summed E-state index contributed by atoms with van der Waals surface area (Å²) in [4.78, 5) is 28.8. The molecule has 180 valence electrons. The Bertz CT molecular complexity index is 1000. The van der Waals surface area contributed by atoms with Crippen LogP contribution in [0.2, 0.25) is 0 Å². The first-order valence-corrected chi connectivity index (χ1v) is 13.1. The molecular formula is C29H37N3O2. The minimum Gasteiger partial charge on any atom is -0.353 e. The van der Waals surface area contributed by atoms with Crippen LogP contribution in [-0.4, -0.2) is 42.4 Å². The first-order valence-electron chi connectivity index (χ1n) is 13.1. The summed E-state index contributed by atoms with van der Waals surface area (Å²) in [5.41, 5.74) is 4.95. The van der Waals surface area contributed by atoms with Crippen LogP contribution < -0.4 is 10.6 Å². The number of carbonyl (C=O) groups excluding carboxylic acids is 2. The number of nitrogens with zero attached hydrogens (tertiary/aromatic N) is 1. The molecule has 3 aliphatic rings. The second kappa shape index (κ2) is 10.7. The Balaban J connectivity index is 1.25. The fourth-order valence-electron chi connectivity index (χ4n) is 5.97. The second-order valence-electron chi connectivity index (χ2n) is 10.4. The van der Waals surface area contributed by atoms with Crippen molar-refractivity contribution in [2.75, 3.05) is 25.0 Å². The Morgan fingerprint density at radius 3 is 2.38 bits per heavy atom. The van der Waals surface area contributed by atoms with Gasteiger partial charge in [0.25, 0.3) is 0 Å². The molecule has 1 saturated heterocycles. The zero-order chi connectivity index (χ0) is 23.3. The number of hydrogen-bond donors (Lipinski definition) is 2. The minimum atomic E-state index is -0.183. The van der Waals surface area contributed by atoms with Crippen molar-refractivity contribution in [2.45, 2.75) is 63.8 Å². The third kappa shape index (κ3) is 5.69. The molecule has 5 heteroatoms. The van der Waals surface area contributed by atoms with E-state index in [0.717, 1.165) is 50.9 Å². The molecule has 0 bridgehead atoms. The smallest absolute Gasteiger partial charge is 0.228 e. The number of nitrogens with one attached hydrogen (secondary N) is 2. The highest BCUT2D eigenvalue weighted by Gasteiger charge is 2.36. The molecule has 5 nitrogen and oxygen atoms in total. The molecule has 0 unspecified atom stereocenters. The number of likely N-dealkylation sites (tertiary alicyclic amines) is 1. The molecule has 2 amide bonds. The first-order chi connectivity index (χ1) is 16.6. The van der Waals surface area contributed by atoms with Crippen molar-refractivity contribution in [3.8, 4) is 0 Å². The van der Waals surface area contributed by atoms with Crippen molar-refractivity contribution in [1.82, 2.24) is 10.2 Å². The van der Waals surface area contributed by atoms with E-state index in [0.29, 0.717) is 19.0 Å². The fourth-order valence-corrected chi connectivity index (χ4v) is 5.97. The highest BCUT2D eigenvalue weighted by Crippen LogP contribution is 2.28. The average Bonchev–Trinajstić information content (AvgIpc) is 3.55. The summed E-state index contributed by atoms with van der Waals surface area (Å²) < 4.78 is 0. The maximum Gasteiger partial charge on any atom is 0.228 e. The Kier molecular flexibility index (Phi) is 7.29. The van der Waals surface area contributed by atoms with E-state index >= 15 is 0 Å². The largest absolute Gasteiger partial charge is 0.353 e. The number of aryl methyl sites for hydroxylation is 2. The molecule has 2 aliphatic carbocycles. The maximum absolute atomic E-state index is 13.3. The van der Waals surface area contributed by atoms with Gasteiger partial charge in [-0.3, -0.25) is 9.59 Å². The van der Waals surface area contributed by atoms with Crippen LogP contribution in [0.5, 0.6) is 0 Å². The van der Waals surface area contributed by atoms with Gasteiger partial charge in [-0.1, -0.05) is 49.2 Å². The van der Waals surface area contributed by atoms with Crippen molar-refractivity contribution < 1.29 is 9.59 Å². The first kappa shape index (κ1) is 23.1. The van der Waals surface area contributed by atoms with Crippen LogP contribution in [-0.2, 0) is 28.9 Å². The van der Waals surface area contributed by atoms with Gasteiger partial charge in [-0.05, 0) is 73.8 Å².